The minimum absolute atomic E-state index is 0.0745. The van der Waals surface area contributed by atoms with Crippen LogP contribution in [0.5, 0.6) is 0 Å². The Morgan fingerprint density at radius 2 is 2.24 bits per heavy atom. The molecule has 0 aliphatic carbocycles. The molecule has 0 radical (unpaired) electrons. The number of fused-ring (bicyclic) bond motifs is 1. The van der Waals surface area contributed by atoms with Crippen molar-refractivity contribution >= 4 is 62.6 Å². The number of carbonyl (C=O) groups excluding carboxylic acids is 1. The van der Waals surface area contributed by atoms with Crippen LogP contribution in [0.3, 0.4) is 0 Å². The van der Waals surface area contributed by atoms with E-state index in [1.807, 2.05) is 22.6 Å². The van der Waals surface area contributed by atoms with Crippen molar-refractivity contribution in [3.63, 3.8) is 0 Å². The first kappa shape index (κ1) is 17.9. The van der Waals surface area contributed by atoms with Crippen molar-refractivity contribution in [1.29, 1.82) is 0 Å². The molecule has 130 valence electrons. The van der Waals surface area contributed by atoms with Gasteiger partial charge in [0.1, 0.15) is 16.5 Å². The molecule has 0 bridgehead atoms. The lowest BCUT2D eigenvalue weighted by molar-refractivity contribution is 0.0528. The molecule has 1 N–H and O–H groups in total. The van der Waals surface area contributed by atoms with E-state index in [4.69, 9.17) is 20.8 Å². The molecule has 3 aromatic rings. The highest BCUT2D eigenvalue weighted by Crippen LogP contribution is 2.35. The number of benzene rings is 1. The zero-order valence-corrected chi connectivity index (χ0v) is 16.2. The Kier molecular flexibility index (Phi) is 5.14. The van der Waals surface area contributed by atoms with Crippen molar-refractivity contribution in [3.8, 4) is 0 Å². The average molecular weight is 475 g/mol. The summed E-state index contributed by atoms with van der Waals surface area (Å²) < 4.78 is 25.5. The maximum Gasteiger partial charge on any atom is 0.345 e. The van der Waals surface area contributed by atoms with E-state index in [0.717, 1.165) is 9.13 Å². The SMILES string of the molecule is CCOC(=O)c1c(Nc2ccc(I)cc2F)nc(Cl)c2c(C)coc12. The molecule has 25 heavy (non-hydrogen) atoms. The van der Waals surface area contributed by atoms with E-state index in [1.54, 1.807) is 26.0 Å². The van der Waals surface area contributed by atoms with E-state index < -0.39 is 11.8 Å². The van der Waals surface area contributed by atoms with Crippen molar-refractivity contribution in [1.82, 2.24) is 4.98 Å². The van der Waals surface area contributed by atoms with Gasteiger partial charge in [-0.25, -0.2) is 14.2 Å². The van der Waals surface area contributed by atoms with E-state index in [1.165, 1.54) is 12.3 Å². The first-order valence-corrected chi connectivity index (χ1v) is 8.84. The lowest BCUT2D eigenvalue weighted by Gasteiger charge is -2.12. The van der Waals surface area contributed by atoms with Crippen molar-refractivity contribution in [2.45, 2.75) is 13.8 Å². The third kappa shape index (κ3) is 3.43. The molecule has 2 aromatic heterocycles. The van der Waals surface area contributed by atoms with Gasteiger partial charge in [0.15, 0.2) is 11.4 Å². The highest BCUT2D eigenvalue weighted by molar-refractivity contribution is 14.1. The monoisotopic (exact) mass is 474 g/mol. The molecule has 0 unspecified atom stereocenters. The van der Waals surface area contributed by atoms with Crippen LogP contribution in [-0.4, -0.2) is 17.6 Å². The highest BCUT2D eigenvalue weighted by Gasteiger charge is 2.25. The Morgan fingerprint density at radius 3 is 2.92 bits per heavy atom. The van der Waals surface area contributed by atoms with E-state index in [0.29, 0.717) is 5.39 Å². The lowest BCUT2D eigenvalue weighted by Crippen LogP contribution is -2.11. The average Bonchev–Trinajstić information content (AvgIpc) is 2.92. The van der Waals surface area contributed by atoms with Gasteiger partial charge in [-0.2, -0.15) is 0 Å². The number of ether oxygens (including phenoxy) is 1. The second kappa shape index (κ2) is 7.17. The molecule has 5 nitrogen and oxygen atoms in total. The standard InChI is InChI=1S/C17H13ClFIN2O3/c1-3-24-17(23)13-14-12(8(2)7-25-14)15(18)22-16(13)21-11-5-4-9(20)6-10(11)19/h4-7H,3H2,1-2H3,(H,21,22). The summed E-state index contributed by atoms with van der Waals surface area (Å²) in [6, 6.07) is 4.65. The number of pyridine rings is 1. The number of anilines is 2. The summed E-state index contributed by atoms with van der Waals surface area (Å²) in [6.45, 7) is 3.66. The second-order valence-electron chi connectivity index (χ2n) is 5.22. The Morgan fingerprint density at radius 1 is 1.48 bits per heavy atom. The number of nitrogens with zero attached hydrogens (tertiary/aromatic N) is 1. The smallest absolute Gasteiger partial charge is 0.345 e. The van der Waals surface area contributed by atoms with E-state index in [-0.39, 0.29) is 34.4 Å². The van der Waals surface area contributed by atoms with Gasteiger partial charge >= 0.3 is 5.97 Å². The van der Waals surface area contributed by atoms with Gasteiger partial charge in [0.05, 0.1) is 23.9 Å². The van der Waals surface area contributed by atoms with Crippen molar-refractivity contribution in [2.75, 3.05) is 11.9 Å². The fourth-order valence-electron chi connectivity index (χ4n) is 2.40. The molecule has 0 saturated carbocycles. The Labute approximate surface area is 161 Å². The first-order chi connectivity index (χ1) is 11.9. The molecule has 0 amide bonds. The Bertz CT molecular complexity index is 974. The van der Waals surface area contributed by atoms with Crippen molar-refractivity contribution in [2.24, 2.45) is 0 Å². The fraction of sp³-hybridized carbons (Fsp3) is 0.176. The number of hydrogen-bond donors (Lipinski definition) is 1. The topological polar surface area (TPSA) is 64.4 Å². The predicted molar refractivity (Wildman–Crippen MR) is 102 cm³/mol. The van der Waals surface area contributed by atoms with Crippen molar-refractivity contribution in [3.05, 3.63) is 50.1 Å². The van der Waals surface area contributed by atoms with Gasteiger partial charge in [-0.05, 0) is 60.2 Å². The number of hydrogen-bond acceptors (Lipinski definition) is 5. The van der Waals surface area contributed by atoms with Gasteiger partial charge in [-0.15, -0.1) is 0 Å². The highest BCUT2D eigenvalue weighted by atomic mass is 127. The minimum atomic E-state index is -0.626. The number of furan rings is 1. The van der Waals surface area contributed by atoms with Crippen LogP contribution >= 0.6 is 34.2 Å². The summed E-state index contributed by atoms with van der Waals surface area (Å²) in [6.07, 6.45) is 1.48. The van der Waals surface area contributed by atoms with E-state index >= 15 is 0 Å². The first-order valence-electron chi connectivity index (χ1n) is 7.38. The molecular weight excluding hydrogens is 462 g/mol. The van der Waals surface area contributed by atoms with Gasteiger partial charge < -0.3 is 14.5 Å². The molecule has 0 aliphatic heterocycles. The molecule has 1 aromatic carbocycles. The molecular formula is C17H13ClFIN2O3. The van der Waals surface area contributed by atoms with Crippen LogP contribution in [0.25, 0.3) is 11.0 Å². The number of aryl methyl sites for hydroxylation is 1. The Balaban J connectivity index is 2.19. The number of aromatic nitrogens is 1. The largest absolute Gasteiger partial charge is 0.463 e. The van der Waals surface area contributed by atoms with Crippen LogP contribution < -0.4 is 5.32 Å². The van der Waals surface area contributed by atoms with Crippen LogP contribution in [-0.2, 0) is 4.74 Å². The van der Waals surface area contributed by atoms with E-state index in [9.17, 15) is 9.18 Å². The normalized spacial score (nSPS) is 10.9. The molecule has 0 aliphatic rings. The fourth-order valence-corrected chi connectivity index (χ4v) is 3.18. The molecule has 8 heteroatoms. The molecule has 3 rings (SSSR count). The van der Waals surface area contributed by atoms with Crippen LogP contribution in [0.2, 0.25) is 5.15 Å². The van der Waals surface area contributed by atoms with Crippen molar-refractivity contribution < 1.29 is 18.3 Å². The van der Waals surface area contributed by atoms with Gasteiger partial charge in [0.2, 0.25) is 0 Å². The number of esters is 1. The van der Waals surface area contributed by atoms with E-state index in [2.05, 4.69) is 10.3 Å². The van der Waals surface area contributed by atoms with Crippen LogP contribution in [0, 0.1) is 16.3 Å². The molecule has 0 fully saturated rings. The van der Waals surface area contributed by atoms with Gasteiger partial charge in [0, 0.05) is 3.57 Å². The van der Waals surface area contributed by atoms with Crippen LogP contribution in [0.4, 0.5) is 15.9 Å². The molecule has 0 atom stereocenters. The molecule has 2 heterocycles. The summed E-state index contributed by atoms with van der Waals surface area (Å²) in [5, 5.41) is 3.50. The zero-order valence-electron chi connectivity index (χ0n) is 13.3. The minimum Gasteiger partial charge on any atom is -0.463 e. The zero-order chi connectivity index (χ0) is 18.1. The summed E-state index contributed by atoms with van der Waals surface area (Å²) in [7, 11) is 0. The third-order valence-electron chi connectivity index (χ3n) is 3.52. The number of carbonyl (C=O) groups is 1. The summed E-state index contributed by atoms with van der Waals surface area (Å²) in [5.74, 6) is -1.03. The quantitative estimate of drug-likeness (QED) is 0.309. The number of halogens is 3. The predicted octanol–water partition coefficient (Wildman–Crippen LogP) is 5.45. The molecule has 0 spiro atoms. The molecule has 0 saturated heterocycles. The summed E-state index contributed by atoms with van der Waals surface area (Å²) in [5.41, 5.74) is 1.24. The number of rotatable bonds is 4. The van der Waals surface area contributed by atoms with Crippen LogP contribution in [0.1, 0.15) is 22.8 Å². The summed E-state index contributed by atoms with van der Waals surface area (Å²) in [4.78, 5) is 16.7. The second-order valence-corrected chi connectivity index (χ2v) is 6.82. The number of nitrogens with one attached hydrogen (secondary N) is 1. The lowest BCUT2D eigenvalue weighted by atomic mass is 10.1. The summed E-state index contributed by atoms with van der Waals surface area (Å²) >= 11 is 8.24. The maximum absolute atomic E-state index is 14.2. The van der Waals surface area contributed by atoms with Crippen LogP contribution in [0.15, 0.2) is 28.9 Å². The maximum atomic E-state index is 14.2. The third-order valence-corrected chi connectivity index (χ3v) is 4.46. The Hall–Kier alpha value is -1.87. The van der Waals surface area contributed by atoms with Gasteiger partial charge in [0.25, 0.3) is 0 Å². The van der Waals surface area contributed by atoms with Gasteiger partial charge in [-0.1, -0.05) is 11.6 Å². The van der Waals surface area contributed by atoms with Gasteiger partial charge in [-0.3, -0.25) is 0 Å².